The summed E-state index contributed by atoms with van der Waals surface area (Å²) in [7, 11) is 0. The van der Waals surface area contributed by atoms with Crippen LogP contribution in [0.4, 0.5) is 11.8 Å². The van der Waals surface area contributed by atoms with E-state index >= 15 is 0 Å². The lowest BCUT2D eigenvalue weighted by Crippen LogP contribution is -2.11. The van der Waals surface area contributed by atoms with Crippen LogP contribution in [0.3, 0.4) is 0 Å². The van der Waals surface area contributed by atoms with E-state index in [0.717, 1.165) is 5.56 Å². The van der Waals surface area contributed by atoms with Crippen molar-refractivity contribution in [2.45, 2.75) is 19.5 Å². The minimum absolute atomic E-state index is 0.138. The van der Waals surface area contributed by atoms with Crippen molar-refractivity contribution in [1.29, 1.82) is 0 Å². The summed E-state index contributed by atoms with van der Waals surface area (Å²) in [4.78, 5) is 8.52. The zero-order valence-electron chi connectivity index (χ0n) is 12.8. The van der Waals surface area contributed by atoms with Gasteiger partial charge in [-0.25, -0.2) is 0 Å². The summed E-state index contributed by atoms with van der Waals surface area (Å²) in [6.07, 6.45) is 5.17. The molecule has 3 aromatic rings. The van der Waals surface area contributed by atoms with Gasteiger partial charge in [-0.2, -0.15) is 10.1 Å². The Morgan fingerprint density at radius 3 is 2.70 bits per heavy atom. The first-order chi connectivity index (χ1) is 11.3. The Labute approximate surface area is 135 Å². The third-order valence-electron chi connectivity index (χ3n) is 3.40. The Hall–Kier alpha value is -3.02. The van der Waals surface area contributed by atoms with Crippen LogP contribution in [0.5, 0.6) is 0 Å². The molecular weight excluding hydrogens is 288 g/mol. The standard InChI is InChI=1S/C17H18N6/c1-13(15-7-3-2-4-8-15)21-16-12-20-23-17(22-16)19-11-14-6-5-9-18-10-14/h2-10,12-13H,11H2,1H3,(H2,19,21,22,23). The number of aromatic nitrogens is 4. The highest BCUT2D eigenvalue weighted by atomic mass is 15.3. The topological polar surface area (TPSA) is 75.6 Å². The molecule has 3 rings (SSSR count). The fraction of sp³-hybridized carbons (Fsp3) is 0.176. The predicted molar refractivity (Wildman–Crippen MR) is 89.9 cm³/mol. The summed E-state index contributed by atoms with van der Waals surface area (Å²) >= 11 is 0. The van der Waals surface area contributed by atoms with E-state index in [4.69, 9.17) is 0 Å². The first-order valence-corrected chi connectivity index (χ1v) is 7.45. The molecule has 2 N–H and O–H groups in total. The largest absolute Gasteiger partial charge is 0.362 e. The molecule has 2 heterocycles. The van der Waals surface area contributed by atoms with Gasteiger partial charge in [0.1, 0.15) is 0 Å². The highest BCUT2D eigenvalue weighted by Gasteiger charge is 2.07. The minimum Gasteiger partial charge on any atom is -0.362 e. The van der Waals surface area contributed by atoms with Crippen molar-refractivity contribution in [1.82, 2.24) is 20.2 Å². The average Bonchev–Trinajstić information content (AvgIpc) is 2.62. The lowest BCUT2D eigenvalue weighted by Gasteiger charge is -2.14. The molecule has 0 saturated heterocycles. The summed E-state index contributed by atoms with van der Waals surface area (Å²) in [5, 5.41) is 14.5. The smallest absolute Gasteiger partial charge is 0.244 e. The molecule has 0 aliphatic rings. The molecule has 0 spiro atoms. The molecule has 0 radical (unpaired) electrons. The van der Waals surface area contributed by atoms with Crippen LogP contribution < -0.4 is 10.6 Å². The van der Waals surface area contributed by atoms with Gasteiger partial charge in [-0.15, -0.1) is 5.10 Å². The molecule has 0 amide bonds. The van der Waals surface area contributed by atoms with Crippen molar-refractivity contribution in [3.05, 3.63) is 72.2 Å². The number of rotatable bonds is 6. The van der Waals surface area contributed by atoms with Gasteiger partial charge in [-0.1, -0.05) is 36.4 Å². The Morgan fingerprint density at radius 2 is 1.91 bits per heavy atom. The summed E-state index contributed by atoms with van der Waals surface area (Å²) in [5.74, 6) is 1.17. The predicted octanol–water partition coefficient (Wildman–Crippen LogP) is 3.05. The van der Waals surface area contributed by atoms with E-state index in [1.54, 1.807) is 18.6 Å². The molecule has 1 unspecified atom stereocenters. The molecule has 0 aliphatic heterocycles. The van der Waals surface area contributed by atoms with Gasteiger partial charge in [-0.3, -0.25) is 4.98 Å². The van der Waals surface area contributed by atoms with Gasteiger partial charge in [-0.05, 0) is 24.1 Å². The molecule has 116 valence electrons. The quantitative estimate of drug-likeness (QED) is 0.729. The second-order valence-corrected chi connectivity index (χ2v) is 5.16. The van der Waals surface area contributed by atoms with Gasteiger partial charge in [0.15, 0.2) is 5.82 Å². The molecule has 0 fully saturated rings. The Bertz CT molecular complexity index is 732. The summed E-state index contributed by atoms with van der Waals surface area (Å²) in [5.41, 5.74) is 2.25. The zero-order valence-corrected chi connectivity index (χ0v) is 12.8. The van der Waals surface area contributed by atoms with Crippen LogP contribution in [0, 0.1) is 0 Å². The van der Waals surface area contributed by atoms with Gasteiger partial charge in [0.2, 0.25) is 5.95 Å². The highest BCUT2D eigenvalue weighted by molar-refractivity contribution is 5.40. The first-order valence-electron chi connectivity index (χ1n) is 7.45. The van der Waals surface area contributed by atoms with Crippen LogP contribution in [0.15, 0.2) is 61.1 Å². The van der Waals surface area contributed by atoms with E-state index in [1.807, 2.05) is 30.3 Å². The number of benzene rings is 1. The van der Waals surface area contributed by atoms with Crippen LogP contribution in [0.25, 0.3) is 0 Å². The third-order valence-corrected chi connectivity index (χ3v) is 3.40. The van der Waals surface area contributed by atoms with Crippen molar-refractivity contribution in [3.8, 4) is 0 Å². The molecule has 23 heavy (non-hydrogen) atoms. The number of nitrogens with zero attached hydrogens (tertiary/aromatic N) is 4. The maximum absolute atomic E-state index is 4.44. The average molecular weight is 306 g/mol. The molecule has 0 saturated carbocycles. The fourth-order valence-corrected chi connectivity index (χ4v) is 2.18. The Balaban J connectivity index is 1.63. The van der Waals surface area contributed by atoms with E-state index < -0.39 is 0 Å². The molecule has 1 aromatic carbocycles. The SMILES string of the molecule is CC(Nc1cnnc(NCc2cccnc2)n1)c1ccccc1. The van der Waals surface area contributed by atoms with Crippen molar-refractivity contribution in [2.24, 2.45) is 0 Å². The van der Waals surface area contributed by atoms with E-state index in [2.05, 4.69) is 49.9 Å². The third kappa shape index (κ3) is 4.23. The zero-order chi connectivity index (χ0) is 15.9. The maximum atomic E-state index is 4.44. The monoisotopic (exact) mass is 306 g/mol. The fourth-order valence-electron chi connectivity index (χ4n) is 2.18. The van der Waals surface area contributed by atoms with Gasteiger partial charge >= 0.3 is 0 Å². The molecule has 6 heteroatoms. The summed E-state index contributed by atoms with van der Waals surface area (Å²) in [6.45, 7) is 2.69. The van der Waals surface area contributed by atoms with Crippen molar-refractivity contribution in [2.75, 3.05) is 10.6 Å². The number of pyridine rings is 1. The first kappa shape index (κ1) is 14.9. The Kier molecular flexibility index (Phi) is 4.73. The highest BCUT2D eigenvalue weighted by Crippen LogP contribution is 2.17. The van der Waals surface area contributed by atoms with Crippen molar-refractivity contribution >= 4 is 11.8 Å². The van der Waals surface area contributed by atoms with Crippen LogP contribution in [0.1, 0.15) is 24.1 Å². The second-order valence-electron chi connectivity index (χ2n) is 5.16. The molecule has 6 nitrogen and oxygen atoms in total. The van der Waals surface area contributed by atoms with Crippen LogP contribution in [0.2, 0.25) is 0 Å². The minimum atomic E-state index is 0.138. The van der Waals surface area contributed by atoms with Gasteiger partial charge in [0.05, 0.1) is 6.20 Å². The lowest BCUT2D eigenvalue weighted by molar-refractivity contribution is 0.857. The molecule has 0 aliphatic carbocycles. The van der Waals surface area contributed by atoms with Crippen molar-refractivity contribution < 1.29 is 0 Å². The number of hydrogen-bond donors (Lipinski definition) is 2. The van der Waals surface area contributed by atoms with Crippen LogP contribution in [-0.2, 0) is 6.54 Å². The summed E-state index contributed by atoms with van der Waals surface area (Å²) < 4.78 is 0. The number of hydrogen-bond acceptors (Lipinski definition) is 6. The lowest BCUT2D eigenvalue weighted by atomic mass is 10.1. The van der Waals surface area contributed by atoms with Gasteiger partial charge in [0.25, 0.3) is 0 Å². The molecule has 0 bridgehead atoms. The molecule has 1 atom stereocenters. The molecular formula is C17H18N6. The van der Waals surface area contributed by atoms with E-state index in [-0.39, 0.29) is 6.04 Å². The van der Waals surface area contributed by atoms with Crippen molar-refractivity contribution in [3.63, 3.8) is 0 Å². The van der Waals surface area contributed by atoms with Gasteiger partial charge in [0, 0.05) is 25.0 Å². The van der Waals surface area contributed by atoms with Crippen LogP contribution in [-0.4, -0.2) is 20.2 Å². The normalized spacial score (nSPS) is 11.7. The maximum Gasteiger partial charge on any atom is 0.244 e. The second kappa shape index (κ2) is 7.31. The molecule has 2 aromatic heterocycles. The number of nitrogens with one attached hydrogen (secondary N) is 2. The van der Waals surface area contributed by atoms with E-state index in [1.165, 1.54) is 5.56 Å². The number of anilines is 2. The van der Waals surface area contributed by atoms with Gasteiger partial charge < -0.3 is 10.6 Å². The van der Waals surface area contributed by atoms with Crippen LogP contribution >= 0.6 is 0 Å². The van der Waals surface area contributed by atoms with E-state index in [9.17, 15) is 0 Å². The van der Waals surface area contributed by atoms with E-state index in [0.29, 0.717) is 18.3 Å². The summed E-state index contributed by atoms with van der Waals surface area (Å²) in [6, 6.07) is 14.2. The Morgan fingerprint density at radius 1 is 1.04 bits per heavy atom.